The first kappa shape index (κ1) is 17.9. The minimum Gasteiger partial charge on any atom is -0.455 e. The standard InChI is InChI=1S/C26H25N2O/c1-17-14-22-24(15-21(17)23-10-6-7-13-28(23)2)29-26-19(16-27)11-12-20(25(22)26)18-8-4-3-5-9-18/h6-7,10-15,18H,3-5,8-9H2,1-2H3/q+1. The highest BCUT2D eigenvalue weighted by atomic mass is 16.3. The van der Waals surface area contributed by atoms with Gasteiger partial charge in [-0.05, 0) is 61.1 Å². The molecule has 2 aromatic heterocycles. The van der Waals surface area contributed by atoms with E-state index in [0.29, 0.717) is 11.5 Å². The molecule has 2 heterocycles. The molecule has 1 saturated carbocycles. The highest BCUT2D eigenvalue weighted by Crippen LogP contribution is 2.42. The number of nitriles is 1. The van der Waals surface area contributed by atoms with Crippen LogP contribution in [-0.4, -0.2) is 0 Å². The molecule has 3 nitrogen and oxygen atoms in total. The van der Waals surface area contributed by atoms with Gasteiger partial charge >= 0.3 is 0 Å². The van der Waals surface area contributed by atoms with Gasteiger partial charge in [-0.3, -0.25) is 0 Å². The first-order valence-electron chi connectivity index (χ1n) is 10.5. The van der Waals surface area contributed by atoms with Gasteiger partial charge in [-0.1, -0.05) is 25.3 Å². The molecule has 4 aromatic rings. The monoisotopic (exact) mass is 381 g/mol. The molecule has 0 saturated heterocycles. The van der Waals surface area contributed by atoms with Gasteiger partial charge in [0.2, 0.25) is 5.69 Å². The van der Waals surface area contributed by atoms with E-state index in [4.69, 9.17) is 4.42 Å². The summed E-state index contributed by atoms with van der Waals surface area (Å²) in [7, 11) is 2.06. The van der Waals surface area contributed by atoms with E-state index in [1.165, 1.54) is 43.2 Å². The van der Waals surface area contributed by atoms with Crippen LogP contribution in [0.25, 0.3) is 33.2 Å². The summed E-state index contributed by atoms with van der Waals surface area (Å²) in [6, 6.07) is 17.1. The van der Waals surface area contributed by atoms with Crippen LogP contribution in [0, 0.1) is 18.3 Å². The lowest BCUT2D eigenvalue weighted by Gasteiger charge is -2.22. The van der Waals surface area contributed by atoms with Crippen LogP contribution in [-0.2, 0) is 7.05 Å². The Morgan fingerprint density at radius 2 is 1.90 bits per heavy atom. The van der Waals surface area contributed by atoms with Crippen LogP contribution in [0.3, 0.4) is 0 Å². The van der Waals surface area contributed by atoms with Gasteiger partial charge in [-0.25, -0.2) is 4.57 Å². The molecule has 5 rings (SSSR count). The highest BCUT2D eigenvalue weighted by Gasteiger charge is 2.24. The fourth-order valence-electron chi connectivity index (χ4n) is 4.98. The number of rotatable bonds is 2. The van der Waals surface area contributed by atoms with E-state index in [2.05, 4.69) is 61.1 Å². The second-order valence-electron chi connectivity index (χ2n) is 8.32. The van der Waals surface area contributed by atoms with Gasteiger partial charge in [0.05, 0.1) is 11.1 Å². The van der Waals surface area contributed by atoms with Crippen molar-refractivity contribution in [2.45, 2.75) is 44.9 Å². The topological polar surface area (TPSA) is 40.8 Å². The van der Waals surface area contributed by atoms with E-state index >= 15 is 0 Å². The molecule has 0 aliphatic heterocycles. The van der Waals surface area contributed by atoms with Crippen molar-refractivity contribution in [3.05, 3.63) is 65.4 Å². The second-order valence-corrected chi connectivity index (χ2v) is 8.32. The number of hydrogen-bond acceptors (Lipinski definition) is 2. The predicted molar refractivity (Wildman–Crippen MR) is 116 cm³/mol. The maximum absolute atomic E-state index is 9.67. The predicted octanol–water partition coefficient (Wildman–Crippen LogP) is 6.31. The van der Waals surface area contributed by atoms with Crippen LogP contribution >= 0.6 is 0 Å². The third kappa shape index (κ3) is 2.91. The second kappa shape index (κ2) is 7.04. The first-order valence-corrected chi connectivity index (χ1v) is 10.5. The van der Waals surface area contributed by atoms with Gasteiger partial charge in [0.25, 0.3) is 0 Å². The fourth-order valence-corrected chi connectivity index (χ4v) is 4.98. The molecule has 0 N–H and O–H groups in total. The lowest BCUT2D eigenvalue weighted by Crippen LogP contribution is -2.30. The van der Waals surface area contributed by atoms with E-state index in [1.54, 1.807) is 0 Å². The summed E-state index contributed by atoms with van der Waals surface area (Å²) in [6.07, 6.45) is 8.42. The molecule has 0 unspecified atom stereocenters. The maximum atomic E-state index is 9.67. The minimum absolute atomic E-state index is 0.562. The van der Waals surface area contributed by atoms with Gasteiger partial charge in [-0.15, -0.1) is 0 Å². The van der Waals surface area contributed by atoms with Crippen LogP contribution in [0.4, 0.5) is 0 Å². The number of aryl methyl sites for hydroxylation is 2. The van der Waals surface area contributed by atoms with Gasteiger partial charge in [0.15, 0.2) is 11.8 Å². The van der Waals surface area contributed by atoms with E-state index < -0.39 is 0 Å². The van der Waals surface area contributed by atoms with E-state index in [1.807, 2.05) is 12.1 Å². The Balaban J connectivity index is 1.80. The summed E-state index contributed by atoms with van der Waals surface area (Å²) >= 11 is 0. The van der Waals surface area contributed by atoms with Crippen LogP contribution in [0.1, 0.15) is 54.7 Å². The summed E-state index contributed by atoms with van der Waals surface area (Å²) < 4.78 is 8.46. The summed E-state index contributed by atoms with van der Waals surface area (Å²) in [5.74, 6) is 0.562. The number of fused-ring (bicyclic) bond motifs is 3. The number of hydrogen-bond donors (Lipinski definition) is 0. The molecular weight excluding hydrogens is 356 g/mol. The van der Waals surface area contributed by atoms with E-state index in [-0.39, 0.29) is 0 Å². The average Bonchev–Trinajstić information content (AvgIpc) is 3.12. The SMILES string of the molecule is Cc1cc2c(cc1-c1cccc[n+]1C)oc1c(C#N)ccc(C3CCCCC3)c12. The number of benzene rings is 2. The molecule has 144 valence electrons. The molecule has 2 aromatic carbocycles. The summed E-state index contributed by atoms with van der Waals surface area (Å²) in [5, 5.41) is 12.0. The molecule has 3 heteroatoms. The normalized spacial score (nSPS) is 15.1. The maximum Gasteiger partial charge on any atom is 0.212 e. The minimum atomic E-state index is 0.562. The van der Waals surface area contributed by atoms with Crippen molar-refractivity contribution in [1.82, 2.24) is 0 Å². The molecule has 0 amide bonds. The summed E-state index contributed by atoms with van der Waals surface area (Å²) in [6.45, 7) is 2.16. The lowest BCUT2D eigenvalue weighted by molar-refractivity contribution is -0.660. The lowest BCUT2D eigenvalue weighted by atomic mass is 9.82. The molecule has 0 bridgehead atoms. The zero-order valence-electron chi connectivity index (χ0n) is 17.0. The van der Waals surface area contributed by atoms with Crippen LogP contribution < -0.4 is 4.57 Å². The van der Waals surface area contributed by atoms with E-state index in [9.17, 15) is 5.26 Å². The van der Waals surface area contributed by atoms with Gasteiger partial charge in [0.1, 0.15) is 18.7 Å². The molecule has 1 fully saturated rings. The molecule has 1 aliphatic carbocycles. The highest BCUT2D eigenvalue weighted by molar-refractivity contribution is 6.09. The third-order valence-corrected chi connectivity index (χ3v) is 6.49. The molecule has 0 atom stereocenters. The van der Waals surface area contributed by atoms with Gasteiger partial charge in [-0.2, -0.15) is 5.26 Å². The van der Waals surface area contributed by atoms with Crippen LogP contribution in [0.5, 0.6) is 0 Å². The number of furan rings is 1. The molecule has 0 spiro atoms. The van der Waals surface area contributed by atoms with Crippen molar-refractivity contribution in [3.8, 4) is 17.3 Å². The van der Waals surface area contributed by atoms with Crippen molar-refractivity contribution in [3.63, 3.8) is 0 Å². The smallest absolute Gasteiger partial charge is 0.212 e. The van der Waals surface area contributed by atoms with Crippen molar-refractivity contribution in [2.75, 3.05) is 0 Å². The molecular formula is C26H25N2O+. The van der Waals surface area contributed by atoms with Crippen molar-refractivity contribution >= 4 is 21.9 Å². The Hall–Kier alpha value is -3.12. The average molecular weight is 381 g/mol. The fraction of sp³-hybridized carbons (Fsp3) is 0.308. The van der Waals surface area contributed by atoms with Crippen molar-refractivity contribution in [2.24, 2.45) is 7.05 Å². The Kier molecular flexibility index (Phi) is 4.36. The zero-order chi connectivity index (χ0) is 20.0. The van der Waals surface area contributed by atoms with Crippen LogP contribution in [0.2, 0.25) is 0 Å². The number of pyridine rings is 1. The van der Waals surface area contributed by atoms with Crippen molar-refractivity contribution in [1.29, 1.82) is 5.26 Å². The largest absolute Gasteiger partial charge is 0.455 e. The van der Waals surface area contributed by atoms with E-state index in [0.717, 1.165) is 33.2 Å². The summed E-state index contributed by atoms with van der Waals surface area (Å²) in [4.78, 5) is 0. The number of aromatic nitrogens is 1. The Morgan fingerprint density at radius 3 is 2.66 bits per heavy atom. The van der Waals surface area contributed by atoms with Gasteiger partial charge < -0.3 is 4.42 Å². The zero-order valence-corrected chi connectivity index (χ0v) is 17.0. The number of nitrogens with zero attached hydrogens (tertiary/aromatic N) is 2. The summed E-state index contributed by atoms with van der Waals surface area (Å²) in [5.41, 5.74) is 7.13. The third-order valence-electron chi connectivity index (χ3n) is 6.49. The quantitative estimate of drug-likeness (QED) is 0.382. The van der Waals surface area contributed by atoms with Gasteiger partial charge in [0, 0.05) is 22.9 Å². The molecule has 1 aliphatic rings. The Bertz CT molecular complexity index is 1270. The van der Waals surface area contributed by atoms with Crippen LogP contribution in [0.15, 0.2) is 53.1 Å². The van der Waals surface area contributed by atoms with Crippen molar-refractivity contribution < 1.29 is 8.98 Å². The Morgan fingerprint density at radius 1 is 1.07 bits per heavy atom. The molecule has 0 radical (unpaired) electrons. The Labute approximate surface area is 171 Å². The molecule has 29 heavy (non-hydrogen) atoms. The first-order chi connectivity index (χ1) is 14.2.